The topological polar surface area (TPSA) is 70.7 Å². The number of hydrogen-bond acceptors (Lipinski definition) is 4. The van der Waals surface area contributed by atoms with Crippen LogP contribution in [0.1, 0.15) is 46.0 Å². The molecule has 0 bridgehead atoms. The van der Waals surface area contributed by atoms with E-state index in [0.29, 0.717) is 13.0 Å². The number of unbranched alkanes of at least 4 members (excludes halogenated alkanes) is 1. The highest BCUT2D eigenvalue weighted by molar-refractivity contribution is 5.77. The van der Waals surface area contributed by atoms with Crippen LogP contribution in [0.15, 0.2) is 0 Å². The Morgan fingerprint density at radius 2 is 1.86 bits per heavy atom. The zero-order valence-electron chi connectivity index (χ0n) is 14.0. The standard InChI is InChI=1S/C16H31N3O3/c1-3-15(20)17-9-5-6-10-19-11-7-14(8-12-19)18-16(21)13-22-4-2/h14H,3-13H2,1-2H3,(H,17,20)(H,18,21). The molecular formula is C16H31N3O3. The molecule has 1 aliphatic rings. The summed E-state index contributed by atoms with van der Waals surface area (Å²) in [4.78, 5) is 25.1. The first-order chi connectivity index (χ1) is 10.7. The summed E-state index contributed by atoms with van der Waals surface area (Å²) in [5.41, 5.74) is 0. The van der Waals surface area contributed by atoms with E-state index in [4.69, 9.17) is 4.74 Å². The fourth-order valence-electron chi connectivity index (χ4n) is 2.58. The van der Waals surface area contributed by atoms with Gasteiger partial charge in [-0.15, -0.1) is 0 Å². The number of amides is 2. The molecule has 1 aliphatic heterocycles. The van der Waals surface area contributed by atoms with Crippen LogP contribution in [0.4, 0.5) is 0 Å². The molecule has 1 rings (SSSR count). The van der Waals surface area contributed by atoms with E-state index in [1.54, 1.807) is 0 Å². The zero-order chi connectivity index (χ0) is 16.2. The maximum atomic E-state index is 11.6. The molecule has 2 N–H and O–H groups in total. The largest absolute Gasteiger partial charge is 0.372 e. The Bertz CT molecular complexity index is 329. The van der Waals surface area contributed by atoms with E-state index >= 15 is 0 Å². The molecule has 128 valence electrons. The molecule has 0 saturated carbocycles. The Kier molecular flexibility index (Phi) is 9.82. The predicted molar refractivity (Wildman–Crippen MR) is 86.6 cm³/mol. The molecular weight excluding hydrogens is 282 g/mol. The third-order valence-electron chi connectivity index (χ3n) is 3.93. The van der Waals surface area contributed by atoms with Gasteiger partial charge in [0.2, 0.25) is 11.8 Å². The lowest BCUT2D eigenvalue weighted by atomic mass is 10.0. The van der Waals surface area contributed by atoms with E-state index in [0.717, 1.165) is 51.9 Å². The van der Waals surface area contributed by atoms with E-state index < -0.39 is 0 Å². The maximum Gasteiger partial charge on any atom is 0.246 e. The van der Waals surface area contributed by atoms with Crippen molar-refractivity contribution in [2.75, 3.05) is 39.4 Å². The van der Waals surface area contributed by atoms with Crippen molar-refractivity contribution in [2.24, 2.45) is 0 Å². The minimum atomic E-state index is -0.00744. The van der Waals surface area contributed by atoms with E-state index in [-0.39, 0.29) is 24.5 Å². The summed E-state index contributed by atoms with van der Waals surface area (Å²) in [5.74, 6) is 0.121. The number of likely N-dealkylation sites (tertiary alicyclic amines) is 1. The Balaban J connectivity index is 2.03. The summed E-state index contributed by atoms with van der Waals surface area (Å²) >= 11 is 0. The molecule has 0 aromatic carbocycles. The van der Waals surface area contributed by atoms with Gasteiger partial charge in [0.05, 0.1) is 0 Å². The highest BCUT2D eigenvalue weighted by atomic mass is 16.5. The van der Waals surface area contributed by atoms with Crippen molar-refractivity contribution in [3.63, 3.8) is 0 Å². The molecule has 0 atom stereocenters. The summed E-state index contributed by atoms with van der Waals surface area (Å²) in [6.45, 7) is 8.40. The van der Waals surface area contributed by atoms with Crippen LogP contribution in [-0.4, -0.2) is 62.1 Å². The van der Waals surface area contributed by atoms with Gasteiger partial charge in [-0.2, -0.15) is 0 Å². The number of rotatable bonds is 10. The number of carbonyl (C=O) groups is 2. The molecule has 0 unspecified atom stereocenters. The monoisotopic (exact) mass is 313 g/mol. The van der Waals surface area contributed by atoms with E-state index in [1.165, 1.54) is 0 Å². The first-order valence-electron chi connectivity index (χ1n) is 8.51. The Hall–Kier alpha value is -1.14. The lowest BCUT2D eigenvalue weighted by molar-refractivity contribution is -0.126. The Morgan fingerprint density at radius 1 is 1.14 bits per heavy atom. The van der Waals surface area contributed by atoms with Gasteiger partial charge in [0.1, 0.15) is 6.61 Å². The second kappa shape index (κ2) is 11.4. The molecule has 0 spiro atoms. The van der Waals surface area contributed by atoms with Gasteiger partial charge in [-0.3, -0.25) is 9.59 Å². The van der Waals surface area contributed by atoms with Gasteiger partial charge in [0.15, 0.2) is 0 Å². The van der Waals surface area contributed by atoms with Crippen LogP contribution in [-0.2, 0) is 14.3 Å². The van der Waals surface area contributed by atoms with Gasteiger partial charge >= 0.3 is 0 Å². The molecule has 6 heteroatoms. The van der Waals surface area contributed by atoms with Crippen LogP contribution in [0, 0.1) is 0 Å². The van der Waals surface area contributed by atoms with Crippen molar-refractivity contribution in [1.82, 2.24) is 15.5 Å². The summed E-state index contributed by atoms with van der Waals surface area (Å²) in [6, 6.07) is 0.285. The van der Waals surface area contributed by atoms with Gasteiger partial charge in [-0.1, -0.05) is 6.92 Å². The summed E-state index contributed by atoms with van der Waals surface area (Å²) < 4.78 is 5.11. The zero-order valence-corrected chi connectivity index (χ0v) is 14.0. The van der Waals surface area contributed by atoms with Crippen molar-refractivity contribution < 1.29 is 14.3 Å². The average Bonchev–Trinajstić information content (AvgIpc) is 2.53. The Morgan fingerprint density at radius 3 is 2.50 bits per heavy atom. The van der Waals surface area contributed by atoms with E-state index in [1.807, 2.05) is 13.8 Å². The average molecular weight is 313 g/mol. The number of nitrogens with one attached hydrogen (secondary N) is 2. The molecule has 0 aromatic heterocycles. The predicted octanol–water partition coefficient (Wildman–Crippen LogP) is 0.910. The van der Waals surface area contributed by atoms with Crippen LogP contribution in [0.3, 0.4) is 0 Å². The Labute approximate surface area is 134 Å². The van der Waals surface area contributed by atoms with Crippen molar-refractivity contribution in [1.29, 1.82) is 0 Å². The number of ether oxygens (including phenoxy) is 1. The highest BCUT2D eigenvalue weighted by Crippen LogP contribution is 2.11. The molecule has 22 heavy (non-hydrogen) atoms. The van der Waals surface area contributed by atoms with Gasteiger partial charge in [-0.25, -0.2) is 0 Å². The third-order valence-corrected chi connectivity index (χ3v) is 3.93. The minimum Gasteiger partial charge on any atom is -0.372 e. The molecule has 1 fully saturated rings. The molecule has 0 radical (unpaired) electrons. The minimum absolute atomic E-state index is 0.00744. The van der Waals surface area contributed by atoms with Gasteiger partial charge in [-0.05, 0) is 39.2 Å². The molecule has 6 nitrogen and oxygen atoms in total. The van der Waals surface area contributed by atoms with Crippen LogP contribution in [0.25, 0.3) is 0 Å². The number of piperidine rings is 1. The maximum absolute atomic E-state index is 11.6. The van der Waals surface area contributed by atoms with Crippen molar-refractivity contribution in [3.05, 3.63) is 0 Å². The second-order valence-electron chi connectivity index (χ2n) is 5.73. The van der Waals surface area contributed by atoms with Crippen LogP contribution < -0.4 is 10.6 Å². The van der Waals surface area contributed by atoms with Gasteiger partial charge in [0, 0.05) is 38.7 Å². The van der Waals surface area contributed by atoms with Crippen LogP contribution in [0.5, 0.6) is 0 Å². The molecule has 0 aliphatic carbocycles. The fourth-order valence-corrected chi connectivity index (χ4v) is 2.58. The second-order valence-corrected chi connectivity index (χ2v) is 5.73. The first kappa shape index (κ1) is 18.9. The third kappa shape index (κ3) is 8.34. The highest BCUT2D eigenvalue weighted by Gasteiger charge is 2.20. The lowest BCUT2D eigenvalue weighted by Crippen LogP contribution is -2.45. The van der Waals surface area contributed by atoms with Crippen molar-refractivity contribution >= 4 is 11.8 Å². The first-order valence-corrected chi connectivity index (χ1v) is 8.51. The number of carbonyl (C=O) groups excluding carboxylic acids is 2. The SMILES string of the molecule is CCOCC(=O)NC1CCN(CCCCNC(=O)CC)CC1. The van der Waals surface area contributed by atoms with Gasteiger partial charge in [0.25, 0.3) is 0 Å². The molecule has 1 saturated heterocycles. The summed E-state index contributed by atoms with van der Waals surface area (Å²) in [5, 5.41) is 5.93. The van der Waals surface area contributed by atoms with Crippen LogP contribution >= 0.6 is 0 Å². The lowest BCUT2D eigenvalue weighted by Gasteiger charge is -2.32. The van der Waals surface area contributed by atoms with Crippen molar-refractivity contribution in [3.8, 4) is 0 Å². The smallest absolute Gasteiger partial charge is 0.246 e. The van der Waals surface area contributed by atoms with E-state index in [9.17, 15) is 9.59 Å². The van der Waals surface area contributed by atoms with Gasteiger partial charge < -0.3 is 20.3 Å². The van der Waals surface area contributed by atoms with Crippen molar-refractivity contribution in [2.45, 2.75) is 52.0 Å². The molecule has 1 heterocycles. The quantitative estimate of drug-likeness (QED) is 0.588. The number of nitrogens with zero attached hydrogens (tertiary/aromatic N) is 1. The molecule has 0 aromatic rings. The van der Waals surface area contributed by atoms with E-state index in [2.05, 4.69) is 15.5 Å². The molecule has 2 amide bonds. The fraction of sp³-hybridized carbons (Fsp3) is 0.875. The normalized spacial score (nSPS) is 16.5. The van der Waals surface area contributed by atoms with Crippen LogP contribution in [0.2, 0.25) is 0 Å². The number of hydrogen-bond donors (Lipinski definition) is 2. The summed E-state index contributed by atoms with van der Waals surface area (Å²) in [7, 11) is 0. The summed E-state index contributed by atoms with van der Waals surface area (Å²) in [6.07, 6.45) is 4.69.